The predicted molar refractivity (Wildman–Crippen MR) is 123 cm³/mol. The minimum Gasteiger partial charge on any atom is -0.481 e. The zero-order valence-electron chi connectivity index (χ0n) is 18.3. The lowest BCUT2D eigenvalue weighted by molar-refractivity contribution is -0.128. The third kappa shape index (κ3) is 5.50. The summed E-state index contributed by atoms with van der Waals surface area (Å²) in [5.41, 5.74) is 3.40. The third-order valence-corrected chi connectivity index (χ3v) is 5.21. The highest BCUT2D eigenvalue weighted by molar-refractivity contribution is 5.82. The molecule has 1 atom stereocenters. The van der Waals surface area contributed by atoms with E-state index >= 15 is 0 Å². The van der Waals surface area contributed by atoms with E-state index in [1.807, 2.05) is 79.7 Å². The number of hydrogen-bond donors (Lipinski definition) is 1. The summed E-state index contributed by atoms with van der Waals surface area (Å²) in [7, 11) is 0. The average Bonchev–Trinajstić information content (AvgIpc) is 2.76. The maximum Gasteiger partial charge on any atom is 0.261 e. The Kier molecular flexibility index (Phi) is 6.94. The summed E-state index contributed by atoms with van der Waals surface area (Å²) < 4.78 is 6.05. The number of hydrogen-bond acceptors (Lipinski definition) is 2. The molecule has 0 aliphatic carbocycles. The van der Waals surface area contributed by atoms with Gasteiger partial charge >= 0.3 is 0 Å². The molecule has 0 aliphatic rings. The Balaban J connectivity index is 1.77. The number of carbonyl (C=O) groups is 1. The summed E-state index contributed by atoms with van der Waals surface area (Å²) in [5.74, 6) is 0.594. The van der Waals surface area contributed by atoms with Crippen molar-refractivity contribution >= 4 is 5.91 Å². The van der Waals surface area contributed by atoms with Gasteiger partial charge in [-0.1, -0.05) is 100 Å². The van der Waals surface area contributed by atoms with Gasteiger partial charge < -0.3 is 10.1 Å². The van der Waals surface area contributed by atoms with E-state index in [9.17, 15) is 4.79 Å². The second-order valence-electron chi connectivity index (χ2n) is 8.55. The standard InChI is InChI=1S/C27H31NO2/c1-5-24(30-23-18-16-22(17-19-23)27(2,3)4)26(29)28-25(20-12-8-6-9-13-20)21-14-10-7-11-15-21/h6-19,24-25H,5H2,1-4H3,(H,28,29)/t24-/m1/s1. The fourth-order valence-corrected chi connectivity index (χ4v) is 3.41. The second kappa shape index (κ2) is 9.62. The first-order valence-corrected chi connectivity index (χ1v) is 10.6. The van der Waals surface area contributed by atoms with Crippen LogP contribution in [0, 0.1) is 0 Å². The molecule has 0 fully saturated rings. The lowest BCUT2D eigenvalue weighted by Crippen LogP contribution is -2.40. The van der Waals surface area contributed by atoms with Crippen LogP contribution >= 0.6 is 0 Å². The Hall–Kier alpha value is -3.07. The number of ether oxygens (including phenoxy) is 1. The molecule has 0 aromatic heterocycles. The molecule has 1 amide bonds. The number of carbonyl (C=O) groups excluding carboxylic acids is 1. The van der Waals surface area contributed by atoms with E-state index < -0.39 is 6.10 Å². The first-order valence-electron chi connectivity index (χ1n) is 10.6. The van der Waals surface area contributed by atoms with E-state index in [4.69, 9.17) is 4.74 Å². The maximum atomic E-state index is 13.1. The largest absolute Gasteiger partial charge is 0.481 e. The number of amides is 1. The molecule has 1 N–H and O–H groups in total. The molecule has 0 saturated heterocycles. The molecule has 156 valence electrons. The van der Waals surface area contributed by atoms with Crippen LogP contribution in [0.1, 0.15) is 56.8 Å². The number of rotatable bonds is 7. The molecule has 0 unspecified atom stereocenters. The van der Waals surface area contributed by atoms with Crippen LogP contribution in [-0.4, -0.2) is 12.0 Å². The third-order valence-electron chi connectivity index (χ3n) is 5.21. The zero-order chi connectivity index (χ0) is 21.6. The molecule has 0 spiro atoms. The normalized spacial score (nSPS) is 12.4. The lowest BCUT2D eigenvalue weighted by Gasteiger charge is -2.24. The van der Waals surface area contributed by atoms with Crippen molar-refractivity contribution in [2.45, 2.75) is 51.7 Å². The average molecular weight is 402 g/mol. The Labute approximate surface area is 180 Å². The van der Waals surface area contributed by atoms with E-state index in [1.54, 1.807) is 0 Å². The van der Waals surface area contributed by atoms with Crippen LogP contribution in [0.15, 0.2) is 84.9 Å². The van der Waals surface area contributed by atoms with Crippen LogP contribution in [0.5, 0.6) is 5.75 Å². The maximum absolute atomic E-state index is 13.1. The number of benzene rings is 3. The van der Waals surface area contributed by atoms with Crippen LogP contribution in [0.2, 0.25) is 0 Å². The van der Waals surface area contributed by atoms with Crippen molar-refractivity contribution in [2.24, 2.45) is 0 Å². The Morgan fingerprint density at radius 3 is 1.77 bits per heavy atom. The van der Waals surface area contributed by atoms with Crippen LogP contribution in [0.25, 0.3) is 0 Å². The van der Waals surface area contributed by atoms with Gasteiger partial charge in [0.15, 0.2) is 6.10 Å². The van der Waals surface area contributed by atoms with Gasteiger partial charge in [-0.05, 0) is 40.7 Å². The van der Waals surface area contributed by atoms with Gasteiger partial charge in [-0.2, -0.15) is 0 Å². The monoisotopic (exact) mass is 401 g/mol. The van der Waals surface area contributed by atoms with Crippen molar-refractivity contribution < 1.29 is 9.53 Å². The molecule has 0 heterocycles. The summed E-state index contributed by atoms with van der Waals surface area (Å²) >= 11 is 0. The van der Waals surface area contributed by atoms with Gasteiger partial charge in [-0.3, -0.25) is 4.79 Å². The van der Waals surface area contributed by atoms with Crippen LogP contribution in [0.3, 0.4) is 0 Å². The predicted octanol–water partition coefficient (Wildman–Crippen LogP) is 6.05. The molecule has 0 bridgehead atoms. The lowest BCUT2D eigenvalue weighted by atomic mass is 9.87. The van der Waals surface area contributed by atoms with E-state index in [0.29, 0.717) is 12.2 Å². The second-order valence-corrected chi connectivity index (χ2v) is 8.55. The highest BCUT2D eigenvalue weighted by Crippen LogP contribution is 2.26. The van der Waals surface area contributed by atoms with Crippen molar-refractivity contribution in [3.05, 3.63) is 102 Å². The Morgan fingerprint density at radius 1 is 0.833 bits per heavy atom. The molecule has 3 nitrogen and oxygen atoms in total. The highest BCUT2D eigenvalue weighted by Gasteiger charge is 2.24. The van der Waals surface area contributed by atoms with Crippen LogP contribution < -0.4 is 10.1 Å². The van der Waals surface area contributed by atoms with Crippen molar-refractivity contribution in [1.82, 2.24) is 5.32 Å². The van der Waals surface area contributed by atoms with E-state index in [0.717, 1.165) is 11.1 Å². The van der Waals surface area contributed by atoms with Gasteiger partial charge in [-0.15, -0.1) is 0 Å². The van der Waals surface area contributed by atoms with Crippen molar-refractivity contribution in [1.29, 1.82) is 0 Å². The fourth-order valence-electron chi connectivity index (χ4n) is 3.41. The molecule has 0 saturated carbocycles. The summed E-state index contributed by atoms with van der Waals surface area (Å²) in [6, 6.07) is 27.8. The van der Waals surface area contributed by atoms with E-state index in [1.165, 1.54) is 5.56 Å². The zero-order valence-corrected chi connectivity index (χ0v) is 18.3. The summed E-state index contributed by atoms with van der Waals surface area (Å²) in [4.78, 5) is 13.1. The highest BCUT2D eigenvalue weighted by atomic mass is 16.5. The molecule has 0 radical (unpaired) electrons. The molecular weight excluding hydrogens is 370 g/mol. The smallest absolute Gasteiger partial charge is 0.261 e. The molecule has 3 rings (SSSR count). The quantitative estimate of drug-likeness (QED) is 0.523. The molecule has 3 heteroatoms. The molecule has 3 aromatic carbocycles. The van der Waals surface area contributed by atoms with Crippen molar-refractivity contribution in [2.75, 3.05) is 0 Å². The molecule has 3 aromatic rings. The van der Waals surface area contributed by atoms with E-state index in [2.05, 4.69) is 38.2 Å². The summed E-state index contributed by atoms with van der Waals surface area (Å²) in [6.07, 6.45) is 0.0313. The molecular formula is C27H31NO2. The van der Waals surface area contributed by atoms with Gasteiger partial charge in [0.1, 0.15) is 5.75 Å². The summed E-state index contributed by atoms with van der Waals surface area (Å²) in [6.45, 7) is 8.50. The molecule has 30 heavy (non-hydrogen) atoms. The van der Waals surface area contributed by atoms with Gasteiger partial charge in [-0.25, -0.2) is 0 Å². The van der Waals surface area contributed by atoms with Crippen LogP contribution in [0.4, 0.5) is 0 Å². The van der Waals surface area contributed by atoms with Crippen molar-refractivity contribution in [3.63, 3.8) is 0 Å². The van der Waals surface area contributed by atoms with Gasteiger partial charge in [0, 0.05) is 0 Å². The minimum atomic E-state index is -0.555. The van der Waals surface area contributed by atoms with Crippen LogP contribution in [-0.2, 0) is 10.2 Å². The summed E-state index contributed by atoms with van der Waals surface area (Å²) in [5, 5.41) is 3.19. The first kappa shape index (κ1) is 21.6. The van der Waals surface area contributed by atoms with Crippen molar-refractivity contribution in [3.8, 4) is 5.75 Å². The first-order chi connectivity index (χ1) is 14.4. The minimum absolute atomic E-state index is 0.0820. The topological polar surface area (TPSA) is 38.3 Å². The number of nitrogens with one attached hydrogen (secondary N) is 1. The SMILES string of the molecule is CC[C@@H](Oc1ccc(C(C)(C)C)cc1)C(=O)NC(c1ccccc1)c1ccccc1. The van der Waals surface area contributed by atoms with Gasteiger partial charge in [0.05, 0.1) is 6.04 Å². The Bertz CT molecular complexity index is 889. The molecule has 0 aliphatic heterocycles. The van der Waals surface area contributed by atoms with Gasteiger partial charge in [0.25, 0.3) is 5.91 Å². The van der Waals surface area contributed by atoms with E-state index in [-0.39, 0.29) is 17.4 Å². The fraction of sp³-hybridized carbons (Fsp3) is 0.296. The van der Waals surface area contributed by atoms with Gasteiger partial charge in [0.2, 0.25) is 0 Å². The Morgan fingerprint density at radius 2 is 1.33 bits per heavy atom.